The third kappa shape index (κ3) is 4.72. The lowest BCUT2D eigenvalue weighted by Gasteiger charge is -2.12. The van der Waals surface area contributed by atoms with E-state index in [2.05, 4.69) is 27.4 Å². The minimum atomic E-state index is -0.171. The summed E-state index contributed by atoms with van der Waals surface area (Å²) in [6, 6.07) is 13.3. The maximum atomic E-state index is 12.1. The molecule has 0 fully saturated rings. The Morgan fingerprint density at radius 1 is 1.21 bits per heavy atom. The standard InChI is InChI=1S/C20H16N6OS2/c1-12-11-29-20(24-12)25-16(27)7-8-28-19-15(10-22)17(13-5-3-2-4-6-13)14(9-21)18(23)26-19/h2-6,11H,7-8H2,1H3,(H2,23,26)(H,24,25,27). The summed E-state index contributed by atoms with van der Waals surface area (Å²) in [4.78, 5) is 20.5. The molecule has 3 aromatic rings. The molecule has 1 amide bonds. The number of nitriles is 2. The first-order valence-corrected chi connectivity index (χ1v) is 10.4. The van der Waals surface area contributed by atoms with Crippen LogP contribution >= 0.6 is 23.1 Å². The fourth-order valence-electron chi connectivity index (χ4n) is 2.63. The third-order valence-electron chi connectivity index (χ3n) is 3.91. The zero-order chi connectivity index (χ0) is 20.8. The van der Waals surface area contributed by atoms with Crippen molar-refractivity contribution in [3.63, 3.8) is 0 Å². The van der Waals surface area contributed by atoms with Gasteiger partial charge in [-0.05, 0) is 12.5 Å². The topological polar surface area (TPSA) is 128 Å². The van der Waals surface area contributed by atoms with Crippen molar-refractivity contribution in [3.05, 3.63) is 52.5 Å². The van der Waals surface area contributed by atoms with Gasteiger partial charge in [0.2, 0.25) is 5.91 Å². The van der Waals surface area contributed by atoms with Gasteiger partial charge >= 0.3 is 0 Å². The molecular weight excluding hydrogens is 404 g/mol. The second-order valence-corrected chi connectivity index (χ2v) is 7.90. The molecule has 0 radical (unpaired) electrons. The number of nitrogens with one attached hydrogen (secondary N) is 1. The molecule has 0 aliphatic rings. The number of anilines is 2. The minimum absolute atomic E-state index is 0.0653. The molecule has 2 aromatic heterocycles. The lowest BCUT2D eigenvalue weighted by molar-refractivity contribution is -0.115. The number of aromatic nitrogens is 2. The molecule has 0 saturated carbocycles. The Labute approximate surface area is 176 Å². The van der Waals surface area contributed by atoms with E-state index in [-0.39, 0.29) is 29.3 Å². The molecule has 3 N–H and O–H groups in total. The van der Waals surface area contributed by atoms with Crippen LogP contribution in [0.1, 0.15) is 23.2 Å². The van der Waals surface area contributed by atoms with Gasteiger partial charge in [0.05, 0.1) is 11.3 Å². The van der Waals surface area contributed by atoms with Crippen LogP contribution in [0.2, 0.25) is 0 Å². The van der Waals surface area contributed by atoms with Gasteiger partial charge in [0.15, 0.2) is 5.13 Å². The first-order chi connectivity index (χ1) is 14.0. The van der Waals surface area contributed by atoms with Gasteiger partial charge in [-0.1, -0.05) is 30.3 Å². The Bertz CT molecular complexity index is 1130. The molecule has 0 unspecified atom stereocenters. The fraction of sp³-hybridized carbons (Fsp3) is 0.150. The molecule has 1 aromatic carbocycles. The predicted octanol–water partition coefficient (Wildman–Crippen LogP) is 3.96. The summed E-state index contributed by atoms with van der Waals surface area (Å²) in [6.07, 6.45) is 0.219. The highest BCUT2D eigenvalue weighted by Gasteiger charge is 2.20. The Morgan fingerprint density at radius 2 is 1.93 bits per heavy atom. The molecular formula is C20H16N6OS2. The van der Waals surface area contributed by atoms with Gasteiger partial charge in [-0.15, -0.1) is 23.1 Å². The number of nitrogen functional groups attached to an aromatic ring is 1. The van der Waals surface area contributed by atoms with Crippen molar-refractivity contribution in [1.82, 2.24) is 9.97 Å². The summed E-state index contributed by atoms with van der Waals surface area (Å²) < 4.78 is 0. The second-order valence-electron chi connectivity index (χ2n) is 5.96. The van der Waals surface area contributed by atoms with Crippen molar-refractivity contribution < 1.29 is 4.79 Å². The Morgan fingerprint density at radius 3 is 2.55 bits per heavy atom. The molecule has 144 valence electrons. The second kappa shape index (κ2) is 9.20. The summed E-state index contributed by atoms with van der Waals surface area (Å²) in [6.45, 7) is 1.86. The van der Waals surface area contributed by atoms with Crippen LogP contribution in [0.5, 0.6) is 0 Å². The van der Waals surface area contributed by atoms with Crippen LogP contribution in [-0.4, -0.2) is 21.6 Å². The predicted molar refractivity (Wildman–Crippen MR) is 114 cm³/mol. The number of hydrogen-bond donors (Lipinski definition) is 2. The maximum Gasteiger partial charge on any atom is 0.226 e. The van der Waals surface area contributed by atoms with Gasteiger partial charge in [0, 0.05) is 23.1 Å². The average molecular weight is 421 g/mol. The molecule has 3 rings (SSSR count). The van der Waals surface area contributed by atoms with E-state index in [1.165, 1.54) is 23.1 Å². The Hall–Kier alpha value is -3.40. The lowest BCUT2D eigenvalue weighted by atomic mass is 9.97. The van der Waals surface area contributed by atoms with E-state index in [1.807, 2.05) is 42.6 Å². The van der Waals surface area contributed by atoms with E-state index in [0.29, 0.717) is 27.0 Å². The SMILES string of the molecule is Cc1csc(NC(=O)CCSc2nc(N)c(C#N)c(-c3ccccc3)c2C#N)n1. The quantitative estimate of drug-likeness (QED) is 0.577. The molecule has 29 heavy (non-hydrogen) atoms. The van der Waals surface area contributed by atoms with Crippen molar-refractivity contribution in [2.75, 3.05) is 16.8 Å². The number of aryl methyl sites for hydroxylation is 1. The van der Waals surface area contributed by atoms with Crippen molar-refractivity contribution in [1.29, 1.82) is 10.5 Å². The zero-order valence-corrected chi connectivity index (χ0v) is 17.1. The first-order valence-electron chi connectivity index (χ1n) is 8.57. The van der Waals surface area contributed by atoms with E-state index in [4.69, 9.17) is 5.73 Å². The number of hydrogen-bond acceptors (Lipinski definition) is 8. The highest BCUT2D eigenvalue weighted by atomic mass is 32.2. The number of amides is 1. The van der Waals surface area contributed by atoms with Crippen molar-refractivity contribution >= 4 is 40.0 Å². The summed E-state index contributed by atoms with van der Waals surface area (Å²) in [5, 5.41) is 24.8. The van der Waals surface area contributed by atoms with Crippen LogP contribution in [0.4, 0.5) is 10.9 Å². The van der Waals surface area contributed by atoms with Crippen LogP contribution in [0.25, 0.3) is 11.1 Å². The highest BCUT2D eigenvalue weighted by molar-refractivity contribution is 7.99. The number of thioether (sulfide) groups is 1. The van der Waals surface area contributed by atoms with Gasteiger partial charge < -0.3 is 11.1 Å². The number of nitrogens with zero attached hydrogens (tertiary/aromatic N) is 4. The molecule has 0 aliphatic carbocycles. The normalized spacial score (nSPS) is 10.2. The number of carbonyl (C=O) groups is 1. The number of benzene rings is 1. The largest absolute Gasteiger partial charge is 0.383 e. The molecule has 0 atom stereocenters. The van der Waals surface area contributed by atoms with E-state index in [1.54, 1.807) is 0 Å². The van der Waals surface area contributed by atoms with E-state index >= 15 is 0 Å². The summed E-state index contributed by atoms with van der Waals surface area (Å²) in [5.74, 6) is 0.295. The van der Waals surface area contributed by atoms with Crippen molar-refractivity contribution in [2.45, 2.75) is 18.4 Å². The van der Waals surface area contributed by atoms with Gasteiger partial charge in [0.25, 0.3) is 0 Å². The molecule has 2 heterocycles. The molecule has 0 bridgehead atoms. The van der Waals surface area contributed by atoms with Crippen LogP contribution in [0.3, 0.4) is 0 Å². The number of thiazole rings is 1. The van der Waals surface area contributed by atoms with Gasteiger partial charge in [-0.25, -0.2) is 9.97 Å². The first kappa shape index (κ1) is 20.3. The van der Waals surface area contributed by atoms with Crippen LogP contribution in [0.15, 0.2) is 40.7 Å². The number of pyridine rings is 1. The van der Waals surface area contributed by atoms with Crippen LogP contribution in [0, 0.1) is 29.6 Å². The van der Waals surface area contributed by atoms with Crippen LogP contribution in [-0.2, 0) is 4.79 Å². The van der Waals surface area contributed by atoms with Crippen LogP contribution < -0.4 is 11.1 Å². The van der Waals surface area contributed by atoms with Crippen molar-refractivity contribution in [3.8, 4) is 23.3 Å². The molecule has 0 aliphatic heterocycles. The highest BCUT2D eigenvalue weighted by Crippen LogP contribution is 2.35. The molecule has 9 heteroatoms. The third-order valence-corrected chi connectivity index (χ3v) is 5.76. The van der Waals surface area contributed by atoms with Crippen molar-refractivity contribution in [2.24, 2.45) is 0 Å². The Kier molecular flexibility index (Phi) is 6.45. The van der Waals surface area contributed by atoms with E-state index in [0.717, 1.165) is 5.69 Å². The maximum absolute atomic E-state index is 12.1. The smallest absolute Gasteiger partial charge is 0.226 e. The lowest BCUT2D eigenvalue weighted by Crippen LogP contribution is -2.12. The average Bonchev–Trinajstić information content (AvgIpc) is 3.12. The minimum Gasteiger partial charge on any atom is -0.383 e. The van der Waals surface area contributed by atoms with E-state index in [9.17, 15) is 15.3 Å². The summed E-state index contributed by atoms with van der Waals surface area (Å²) >= 11 is 2.62. The Balaban J connectivity index is 1.81. The van der Waals surface area contributed by atoms with Gasteiger partial charge in [-0.3, -0.25) is 4.79 Å². The fourth-order valence-corrected chi connectivity index (χ4v) is 4.27. The zero-order valence-electron chi connectivity index (χ0n) is 15.5. The van der Waals surface area contributed by atoms with Gasteiger partial charge in [-0.2, -0.15) is 10.5 Å². The van der Waals surface area contributed by atoms with Gasteiger partial charge in [0.1, 0.15) is 28.5 Å². The monoisotopic (exact) mass is 420 g/mol. The van der Waals surface area contributed by atoms with E-state index < -0.39 is 0 Å². The number of carbonyl (C=O) groups excluding carboxylic acids is 1. The number of rotatable bonds is 6. The molecule has 7 nitrogen and oxygen atoms in total. The molecule has 0 spiro atoms. The summed E-state index contributed by atoms with van der Waals surface area (Å²) in [7, 11) is 0. The molecule has 0 saturated heterocycles. The summed E-state index contributed by atoms with van der Waals surface area (Å²) in [5.41, 5.74) is 8.48. The number of nitrogens with two attached hydrogens (primary N) is 1.